The highest BCUT2D eigenvalue weighted by Crippen LogP contribution is 2.21. The summed E-state index contributed by atoms with van der Waals surface area (Å²) in [6.45, 7) is 0. The van der Waals surface area contributed by atoms with E-state index in [0.29, 0.717) is 11.3 Å². The van der Waals surface area contributed by atoms with Crippen molar-refractivity contribution in [1.82, 2.24) is 0 Å². The summed E-state index contributed by atoms with van der Waals surface area (Å²) in [5.74, 6) is 0. The molecule has 0 heterocycles. The number of hydrogen-bond acceptors (Lipinski definition) is 3. The number of carbonyl (C=O) groups excluding carboxylic acids is 1. The third-order valence-corrected chi connectivity index (χ3v) is 2.11. The maximum Gasteiger partial charge on any atom is 0.240 e. The average molecular weight is 270 g/mol. The second kappa shape index (κ2) is 4.00. The predicted molar refractivity (Wildman–Crippen MR) is 51.7 cm³/mol. The minimum Gasteiger partial charge on any atom is -0.211 e. The zero-order chi connectivity index (χ0) is 8.97. The molecule has 1 aromatic rings. The minimum atomic E-state index is 0.546. The van der Waals surface area contributed by atoms with E-state index in [1.54, 1.807) is 18.2 Å². The Hall–Kier alpha value is -1.18. The minimum absolute atomic E-state index is 0.546. The summed E-state index contributed by atoms with van der Waals surface area (Å²) in [7, 11) is 0. The fraction of sp³-hybridized carbons (Fsp3) is 0. The van der Waals surface area contributed by atoms with Crippen LogP contribution in [0.4, 0.5) is 5.69 Å². The molecule has 0 unspecified atom stereocenters. The molecule has 0 radical (unpaired) electrons. The highest BCUT2D eigenvalue weighted by molar-refractivity contribution is 14.1. The van der Waals surface area contributed by atoms with Gasteiger partial charge in [0.05, 0.1) is 17.3 Å². The molecular weight excluding hydrogens is 267 g/mol. The summed E-state index contributed by atoms with van der Waals surface area (Å²) in [6.07, 6.45) is 1.45. The van der Waals surface area contributed by atoms with E-state index >= 15 is 0 Å². The summed E-state index contributed by atoms with van der Waals surface area (Å²) < 4.78 is 0.773. The lowest BCUT2D eigenvalue weighted by Crippen LogP contribution is -1.77. The molecule has 0 aliphatic rings. The summed E-state index contributed by atoms with van der Waals surface area (Å²) in [4.78, 5) is 13.4. The van der Waals surface area contributed by atoms with Gasteiger partial charge in [-0.15, -0.1) is 0 Å². The Bertz CT molecular complexity index is 389. The Morgan fingerprint density at radius 2 is 2.25 bits per heavy atom. The van der Waals surface area contributed by atoms with E-state index in [-0.39, 0.29) is 0 Å². The van der Waals surface area contributed by atoms with Gasteiger partial charge in [-0.2, -0.15) is 10.3 Å². The molecule has 1 aromatic carbocycles. The van der Waals surface area contributed by atoms with E-state index in [1.165, 1.54) is 6.08 Å². The highest BCUT2D eigenvalue weighted by atomic mass is 127. The average Bonchev–Trinajstić information content (AvgIpc) is 2.09. The number of hydrogen-bond donors (Lipinski definition) is 0. The molecule has 0 aromatic heterocycles. The first kappa shape index (κ1) is 8.91. The van der Waals surface area contributed by atoms with Crippen LogP contribution in [0.2, 0.25) is 0 Å². The molecule has 0 spiro atoms. The van der Waals surface area contributed by atoms with Gasteiger partial charge < -0.3 is 0 Å². The first-order valence-corrected chi connectivity index (χ1v) is 4.13. The predicted octanol–water partition coefficient (Wildman–Crippen LogP) is 2.13. The Labute approximate surface area is 82.9 Å². The van der Waals surface area contributed by atoms with E-state index in [2.05, 4.69) is 4.99 Å². The van der Waals surface area contributed by atoms with Gasteiger partial charge in [0.1, 0.15) is 0 Å². The van der Waals surface area contributed by atoms with Gasteiger partial charge in [-0.25, -0.2) is 4.79 Å². The van der Waals surface area contributed by atoms with Crippen LogP contribution in [0.15, 0.2) is 23.2 Å². The van der Waals surface area contributed by atoms with Crippen LogP contribution in [0.3, 0.4) is 0 Å². The van der Waals surface area contributed by atoms with Crippen molar-refractivity contribution in [2.75, 3.05) is 0 Å². The first-order chi connectivity index (χ1) is 5.77. The Morgan fingerprint density at radius 1 is 1.50 bits per heavy atom. The quantitative estimate of drug-likeness (QED) is 0.446. The lowest BCUT2D eigenvalue weighted by Gasteiger charge is -1.94. The van der Waals surface area contributed by atoms with Crippen LogP contribution in [0.25, 0.3) is 0 Å². The topological polar surface area (TPSA) is 53.2 Å². The van der Waals surface area contributed by atoms with E-state index in [1.807, 2.05) is 28.7 Å². The molecule has 0 atom stereocenters. The van der Waals surface area contributed by atoms with Crippen LogP contribution in [-0.2, 0) is 4.79 Å². The Morgan fingerprint density at radius 3 is 2.75 bits per heavy atom. The lowest BCUT2D eigenvalue weighted by atomic mass is 10.2. The van der Waals surface area contributed by atoms with Crippen molar-refractivity contribution < 1.29 is 4.79 Å². The summed E-state index contributed by atoms with van der Waals surface area (Å²) >= 11 is 2.01. The van der Waals surface area contributed by atoms with Crippen LogP contribution >= 0.6 is 22.6 Å². The molecule has 0 fully saturated rings. The van der Waals surface area contributed by atoms with Gasteiger partial charge in [0.25, 0.3) is 0 Å². The summed E-state index contributed by atoms with van der Waals surface area (Å²) in [5.41, 5.74) is 1.11. The lowest BCUT2D eigenvalue weighted by molar-refractivity contribution is 0.565. The fourth-order valence-electron chi connectivity index (χ4n) is 0.716. The molecule has 0 saturated heterocycles. The molecule has 0 saturated carbocycles. The molecular formula is C8H3IN2O. The van der Waals surface area contributed by atoms with Gasteiger partial charge in [0, 0.05) is 3.57 Å². The molecule has 3 nitrogen and oxygen atoms in total. The third kappa shape index (κ3) is 1.91. The number of nitrogens with zero attached hydrogens (tertiary/aromatic N) is 2. The molecule has 0 aliphatic heterocycles. The molecule has 0 N–H and O–H groups in total. The molecule has 12 heavy (non-hydrogen) atoms. The summed E-state index contributed by atoms with van der Waals surface area (Å²) in [5, 5.41) is 8.52. The monoisotopic (exact) mass is 270 g/mol. The zero-order valence-corrected chi connectivity index (χ0v) is 8.07. The van der Waals surface area contributed by atoms with Gasteiger partial charge in [0.15, 0.2) is 0 Å². The number of halogens is 1. The smallest absolute Gasteiger partial charge is 0.211 e. The van der Waals surface area contributed by atoms with Crippen LogP contribution in [0, 0.1) is 14.9 Å². The van der Waals surface area contributed by atoms with Gasteiger partial charge in [-0.05, 0) is 40.8 Å². The van der Waals surface area contributed by atoms with Gasteiger partial charge >= 0.3 is 0 Å². The number of aliphatic imine (C=N–C) groups is 1. The fourth-order valence-corrected chi connectivity index (χ4v) is 1.35. The molecule has 0 amide bonds. The van der Waals surface area contributed by atoms with Crippen molar-refractivity contribution in [2.24, 2.45) is 4.99 Å². The van der Waals surface area contributed by atoms with E-state index < -0.39 is 0 Å². The van der Waals surface area contributed by atoms with Crippen molar-refractivity contribution in [3.8, 4) is 6.07 Å². The number of rotatable bonds is 1. The van der Waals surface area contributed by atoms with Crippen LogP contribution in [0.1, 0.15) is 5.56 Å². The highest BCUT2D eigenvalue weighted by Gasteiger charge is 1.98. The zero-order valence-electron chi connectivity index (χ0n) is 5.91. The SMILES string of the molecule is N#Cc1ccc(N=C=O)c(I)c1. The van der Waals surface area contributed by atoms with Crippen molar-refractivity contribution in [1.29, 1.82) is 5.26 Å². The Balaban J connectivity index is 3.22. The molecule has 1 rings (SSSR count). The third-order valence-electron chi connectivity index (χ3n) is 1.24. The van der Waals surface area contributed by atoms with Gasteiger partial charge in [-0.3, -0.25) is 0 Å². The number of isocyanates is 1. The van der Waals surface area contributed by atoms with Crippen LogP contribution in [0.5, 0.6) is 0 Å². The first-order valence-electron chi connectivity index (χ1n) is 3.05. The van der Waals surface area contributed by atoms with Gasteiger partial charge in [-0.1, -0.05) is 0 Å². The molecule has 58 valence electrons. The van der Waals surface area contributed by atoms with Crippen molar-refractivity contribution in [3.63, 3.8) is 0 Å². The summed E-state index contributed by atoms with van der Waals surface area (Å²) in [6, 6.07) is 6.88. The molecule has 0 aliphatic carbocycles. The maximum atomic E-state index is 9.92. The van der Waals surface area contributed by atoms with E-state index in [9.17, 15) is 4.79 Å². The second-order valence-electron chi connectivity index (χ2n) is 1.98. The van der Waals surface area contributed by atoms with Crippen LogP contribution in [-0.4, -0.2) is 6.08 Å². The normalized spacial score (nSPS) is 8.33. The maximum absolute atomic E-state index is 9.92. The van der Waals surface area contributed by atoms with Gasteiger partial charge in [0.2, 0.25) is 6.08 Å². The standard InChI is InChI=1S/C8H3IN2O/c9-7-3-6(4-10)1-2-8(7)11-5-12/h1-3H. The van der Waals surface area contributed by atoms with Crippen LogP contribution < -0.4 is 0 Å². The van der Waals surface area contributed by atoms with Crippen molar-refractivity contribution in [3.05, 3.63) is 27.3 Å². The Kier molecular flexibility index (Phi) is 2.97. The van der Waals surface area contributed by atoms with E-state index in [0.717, 1.165) is 3.57 Å². The number of benzene rings is 1. The van der Waals surface area contributed by atoms with E-state index in [4.69, 9.17) is 5.26 Å². The van der Waals surface area contributed by atoms with Crippen molar-refractivity contribution in [2.45, 2.75) is 0 Å². The molecule has 4 heteroatoms. The van der Waals surface area contributed by atoms with Crippen molar-refractivity contribution >= 4 is 34.4 Å². The number of nitriles is 1. The largest absolute Gasteiger partial charge is 0.240 e. The molecule has 0 bridgehead atoms. The second-order valence-corrected chi connectivity index (χ2v) is 3.14.